The monoisotopic (exact) mass is 408 g/mol. The summed E-state index contributed by atoms with van der Waals surface area (Å²) in [6.07, 6.45) is 0.950. The van der Waals surface area contributed by atoms with Gasteiger partial charge in [-0.05, 0) is 29.8 Å². The van der Waals surface area contributed by atoms with Crippen LogP contribution in [-0.2, 0) is 23.1 Å². The number of oxazole rings is 1. The van der Waals surface area contributed by atoms with Crippen LogP contribution in [0.4, 0.5) is 14.9 Å². The Balaban J connectivity index is 1.61. The van der Waals surface area contributed by atoms with Gasteiger partial charge in [-0.25, -0.2) is 22.4 Å². The number of fused-ring (bicyclic) bond motifs is 1. The quantitative estimate of drug-likeness (QED) is 0.492. The van der Waals surface area contributed by atoms with Crippen LogP contribution in [0.25, 0.3) is 11.1 Å². The number of benzene rings is 2. The molecule has 148 valence electrons. The molecule has 9 nitrogen and oxygen atoms in total. The number of aromatic nitrogens is 1. The number of anilines is 1. The van der Waals surface area contributed by atoms with Gasteiger partial charge in [-0.3, -0.25) is 9.71 Å². The third-order valence-electron chi connectivity index (χ3n) is 3.78. The lowest BCUT2D eigenvalue weighted by Crippen LogP contribution is -2.35. The molecule has 2 amide bonds. The second kappa shape index (κ2) is 7.72. The van der Waals surface area contributed by atoms with Gasteiger partial charge in [0.05, 0.1) is 17.5 Å². The van der Waals surface area contributed by atoms with Crippen LogP contribution in [0.1, 0.15) is 11.1 Å². The first-order chi connectivity index (χ1) is 13.2. The third kappa shape index (κ3) is 4.88. The van der Waals surface area contributed by atoms with E-state index >= 15 is 0 Å². The average Bonchev–Trinajstić information content (AvgIpc) is 2.97. The number of nitrogens with one attached hydrogen (secondary N) is 4. The Bertz CT molecular complexity index is 1190. The normalized spacial score (nSPS) is 11.4. The van der Waals surface area contributed by atoms with Gasteiger partial charge >= 0.3 is 11.8 Å². The smallest absolute Gasteiger partial charge is 0.408 e. The molecule has 2 aromatic carbocycles. The Hall–Kier alpha value is -3.34. The van der Waals surface area contributed by atoms with E-state index < -0.39 is 27.6 Å². The van der Waals surface area contributed by atoms with E-state index in [1.165, 1.54) is 18.2 Å². The molecule has 3 aromatic rings. The van der Waals surface area contributed by atoms with E-state index in [4.69, 9.17) is 4.42 Å². The minimum Gasteiger partial charge on any atom is -0.408 e. The molecule has 0 spiro atoms. The topological polar surface area (TPSA) is 133 Å². The zero-order valence-electron chi connectivity index (χ0n) is 14.7. The molecule has 0 radical (unpaired) electrons. The lowest BCUT2D eigenvalue weighted by Gasteiger charge is -2.13. The molecule has 4 N–H and O–H groups in total. The van der Waals surface area contributed by atoms with Crippen molar-refractivity contribution in [1.82, 2.24) is 15.6 Å². The van der Waals surface area contributed by atoms with Gasteiger partial charge in [0.25, 0.3) is 0 Å². The van der Waals surface area contributed by atoms with Crippen molar-refractivity contribution in [3.8, 4) is 0 Å². The van der Waals surface area contributed by atoms with Crippen molar-refractivity contribution in [3.05, 3.63) is 63.9 Å². The fourth-order valence-electron chi connectivity index (χ4n) is 2.56. The van der Waals surface area contributed by atoms with Gasteiger partial charge in [0.1, 0.15) is 5.82 Å². The maximum atomic E-state index is 14.0. The van der Waals surface area contributed by atoms with Gasteiger partial charge in [0.15, 0.2) is 5.58 Å². The van der Waals surface area contributed by atoms with Crippen LogP contribution in [0.5, 0.6) is 0 Å². The standard InChI is InChI=1S/C17H17FN4O5S/c1-28(25,26)22-13-4-2-3-12(18)11(13)9-20-16(23)19-8-10-5-6-15-14(7-10)21-17(24)27-15/h2-7,22H,8-9H2,1H3,(H,21,24)(H2,19,20,23). The summed E-state index contributed by atoms with van der Waals surface area (Å²) in [5.41, 5.74) is 1.69. The lowest BCUT2D eigenvalue weighted by molar-refractivity contribution is 0.240. The largest absolute Gasteiger partial charge is 0.417 e. The molecule has 0 saturated heterocycles. The summed E-state index contributed by atoms with van der Waals surface area (Å²) in [6.45, 7) is -0.0643. The van der Waals surface area contributed by atoms with Gasteiger partial charge in [-0.15, -0.1) is 0 Å². The van der Waals surface area contributed by atoms with E-state index in [1.807, 2.05) is 0 Å². The number of rotatable bonds is 6. The van der Waals surface area contributed by atoms with Gasteiger partial charge in [0.2, 0.25) is 10.0 Å². The molecule has 1 heterocycles. The number of carbonyl (C=O) groups is 1. The fraction of sp³-hybridized carbons (Fsp3) is 0.176. The molecule has 0 aliphatic carbocycles. The van der Waals surface area contributed by atoms with Gasteiger partial charge in [-0.1, -0.05) is 12.1 Å². The summed E-state index contributed by atoms with van der Waals surface area (Å²) in [6, 6.07) is 8.31. The maximum absolute atomic E-state index is 14.0. The fourth-order valence-corrected chi connectivity index (χ4v) is 3.15. The summed E-state index contributed by atoms with van der Waals surface area (Å²) < 4.78 is 43.9. The molecular formula is C17H17FN4O5S. The van der Waals surface area contributed by atoms with E-state index in [9.17, 15) is 22.4 Å². The predicted molar refractivity (Wildman–Crippen MR) is 101 cm³/mol. The zero-order valence-corrected chi connectivity index (χ0v) is 15.5. The first-order valence-electron chi connectivity index (χ1n) is 8.10. The molecule has 0 bridgehead atoms. The highest BCUT2D eigenvalue weighted by Crippen LogP contribution is 2.20. The molecule has 0 aliphatic heterocycles. The minimum absolute atomic E-state index is 0.0143. The molecule has 0 atom stereocenters. The van der Waals surface area contributed by atoms with E-state index in [-0.39, 0.29) is 24.3 Å². The lowest BCUT2D eigenvalue weighted by atomic mass is 10.1. The van der Waals surface area contributed by atoms with Gasteiger partial charge < -0.3 is 15.1 Å². The Labute approximate surface area is 159 Å². The van der Waals surface area contributed by atoms with Crippen LogP contribution >= 0.6 is 0 Å². The first kappa shape index (κ1) is 19.4. The summed E-state index contributed by atoms with van der Waals surface area (Å²) in [4.78, 5) is 25.7. The second-order valence-electron chi connectivity index (χ2n) is 6.02. The summed E-state index contributed by atoms with van der Waals surface area (Å²) in [7, 11) is -3.60. The Morgan fingerprint density at radius 2 is 1.93 bits per heavy atom. The zero-order chi connectivity index (χ0) is 20.3. The number of hydrogen-bond donors (Lipinski definition) is 4. The summed E-state index contributed by atoms with van der Waals surface area (Å²) in [5.74, 6) is -1.22. The van der Waals surface area contributed by atoms with Crippen LogP contribution < -0.4 is 21.1 Å². The highest BCUT2D eigenvalue weighted by molar-refractivity contribution is 7.92. The van der Waals surface area contributed by atoms with Crippen LogP contribution in [-0.4, -0.2) is 25.7 Å². The molecule has 0 fully saturated rings. The number of urea groups is 1. The van der Waals surface area contributed by atoms with Gasteiger partial charge in [-0.2, -0.15) is 0 Å². The first-order valence-corrected chi connectivity index (χ1v) is 9.99. The van der Waals surface area contributed by atoms with Crippen LogP contribution in [0.15, 0.2) is 45.6 Å². The van der Waals surface area contributed by atoms with Crippen LogP contribution in [0, 0.1) is 5.82 Å². The van der Waals surface area contributed by atoms with Crippen molar-refractivity contribution in [2.75, 3.05) is 11.0 Å². The Kier molecular flexibility index (Phi) is 5.36. The van der Waals surface area contributed by atoms with E-state index in [1.54, 1.807) is 18.2 Å². The highest BCUT2D eigenvalue weighted by atomic mass is 32.2. The number of carbonyl (C=O) groups excluding carboxylic acids is 1. The maximum Gasteiger partial charge on any atom is 0.417 e. The SMILES string of the molecule is CS(=O)(=O)Nc1cccc(F)c1CNC(=O)NCc1ccc2oc(=O)[nH]c2c1. The molecule has 1 aromatic heterocycles. The van der Waals surface area contributed by atoms with Crippen molar-refractivity contribution in [2.45, 2.75) is 13.1 Å². The number of H-pyrrole nitrogens is 1. The van der Waals surface area contributed by atoms with Crippen molar-refractivity contribution < 1.29 is 22.0 Å². The number of aromatic amines is 1. The van der Waals surface area contributed by atoms with Crippen LogP contribution in [0.3, 0.4) is 0 Å². The number of amides is 2. The second-order valence-corrected chi connectivity index (χ2v) is 7.77. The molecular weight excluding hydrogens is 391 g/mol. The van der Waals surface area contributed by atoms with Crippen molar-refractivity contribution >= 4 is 32.8 Å². The number of hydrogen-bond acceptors (Lipinski definition) is 5. The Morgan fingerprint density at radius 1 is 1.18 bits per heavy atom. The molecule has 0 aliphatic rings. The number of halogens is 1. The molecule has 3 rings (SSSR count). The minimum atomic E-state index is -3.60. The summed E-state index contributed by atoms with van der Waals surface area (Å²) >= 11 is 0. The van der Waals surface area contributed by atoms with Crippen molar-refractivity contribution in [2.24, 2.45) is 0 Å². The molecule has 11 heteroatoms. The molecule has 0 unspecified atom stereocenters. The number of sulfonamides is 1. The van der Waals surface area contributed by atoms with E-state index in [0.717, 1.165) is 6.26 Å². The molecule has 28 heavy (non-hydrogen) atoms. The average molecular weight is 408 g/mol. The predicted octanol–water partition coefficient (Wildman–Crippen LogP) is 1.63. The van der Waals surface area contributed by atoms with Crippen LogP contribution in [0.2, 0.25) is 0 Å². The van der Waals surface area contributed by atoms with Gasteiger partial charge in [0, 0.05) is 18.7 Å². The highest BCUT2D eigenvalue weighted by Gasteiger charge is 2.13. The Morgan fingerprint density at radius 3 is 2.68 bits per heavy atom. The van der Waals surface area contributed by atoms with Crippen molar-refractivity contribution in [3.63, 3.8) is 0 Å². The third-order valence-corrected chi connectivity index (χ3v) is 4.37. The van der Waals surface area contributed by atoms with Crippen molar-refractivity contribution in [1.29, 1.82) is 0 Å². The van der Waals surface area contributed by atoms with E-state index in [0.29, 0.717) is 16.7 Å². The van der Waals surface area contributed by atoms with E-state index in [2.05, 4.69) is 20.3 Å². The molecule has 0 saturated carbocycles. The summed E-state index contributed by atoms with van der Waals surface area (Å²) in [5, 5.41) is 5.07.